The molecule has 2 nitrogen and oxygen atoms in total. The van der Waals surface area contributed by atoms with Crippen LogP contribution >= 0.6 is 11.6 Å². The summed E-state index contributed by atoms with van der Waals surface area (Å²) >= 11 is 5.91. The Hall–Kier alpha value is -0.800. The van der Waals surface area contributed by atoms with Crippen molar-refractivity contribution < 1.29 is 9.13 Å². The van der Waals surface area contributed by atoms with Gasteiger partial charge in [-0.25, -0.2) is 4.39 Å². The molecular weight excluding hydrogens is 217 g/mol. The fraction of sp³-hybridized carbons (Fsp3) is 0.455. The number of hydrogen-bond donors (Lipinski definition) is 1. The molecule has 0 radical (unpaired) electrons. The Labute approximate surface area is 94.4 Å². The van der Waals surface area contributed by atoms with Gasteiger partial charge in [-0.05, 0) is 31.5 Å². The van der Waals surface area contributed by atoms with Crippen LogP contribution in [-0.4, -0.2) is 19.8 Å². The highest BCUT2D eigenvalue weighted by atomic mass is 35.5. The van der Waals surface area contributed by atoms with Gasteiger partial charge in [0.05, 0.1) is 10.7 Å². The highest BCUT2D eigenvalue weighted by Crippen LogP contribution is 2.23. The van der Waals surface area contributed by atoms with Gasteiger partial charge in [0, 0.05) is 19.8 Å². The van der Waals surface area contributed by atoms with Crippen LogP contribution in [0.15, 0.2) is 18.2 Å². The summed E-state index contributed by atoms with van der Waals surface area (Å²) in [4.78, 5) is 0. The zero-order valence-corrected chi connectivity index (χ0v) is 9.64. The van der Waals surface area contributed by atoms with Gasteiger partial charge in [0.1, 0.15) is 5.82 Å². The minimum atomic E-state index is -0.291. The number of halogens is 2. The first kappa shape index (κ1) is 12.3. The zero-order valence-electron chi connectivity index (χ0n) is 8.89. The SMILES string of the molecule is COCCC(C)Nc1cc(F)ccc1Cl. The maximum Gasteiger partial charge on any atom is 0.125 e. The summed E-state index contributed by atoms with van der Waals surface area (Å²) in [7, 11) is 1.65. The molecule has 0 amide bonds. The number of nitrogens with one attached hydrogen (secondary N) is 1. The highest BCUT2D eigenvalue weighted by Gasteiger charge is 2.06. The van der Waals surface area contributed by atoms with Crippen LogP contribution in [0, 0.1) is 5.82 Å². The van der Waals surface area contributed by atoms with E-state index in [0.29, 0.717) is 17.3 Å². The van der Waals surface area contributed by atoms with Crippen molar-refractivity contribution in [3.05, 3.63) is 29.0 Å². The fourth-order valence-electron chi connectivity index (χ4n) is 1.24. The Morgan fingerprint density at radius 3 is 2.93 bits per heavy atom. The number of anilines is 1. The molecule has 1 unspecified atom stereocenters. The summed E-state index contributed by atoms with van der Waals surface area (Å²) in [5, 5.41) is 3.66. The standard InChI is InChI=1S/C11H15ClFNO/c1-8(5-6-15-2)14-11-7-9(13)3-4-10(11)12/h3-4,7-8,14H,5-6H2,1-2H3. The summed E-state index contributed by atoms with van der Waals surface area (Å²) in [6.45, 7) is 2.67. The van der Waals surface area contributed by atoms with Crippen molar-refractivity contribution in [1.29, 1.82) is 0 Å². The molecular formula is C11H15ClFNO. The largest absolute Gasteiger partial charge is 0.385 e. The third kappa shape index (κ3) is 4.06. The van der Waals surface area contributed by atoms with E-state index >= 15 is 0 Å². The second-order valence-corrected chi connectivity index (χ2v) is 3.86. The molecule has 0 aliphatic rings. The number of benzene rings is 1. The van der Waals surface area contributed by atoms with Crippen LogP contribution in [0.1, 0.15) is 13.3 Å². The molecule has 1 rings (SSSR count). The Kier molecular flexibility index (Phi) is 4.85. The molecule has 1 atom stereocenters. The second-order valence-electron chi connectivity index (χ2n) is 3.45. The van der Waals surface area contributed by atoms with Gasteiger partial charge < -0.3 is 10.1 Å². The molecule has 4 heteroatoms. The van der Waals surface area contributed by atoms with Crippen molar-refractivity contribution in [1.82, 2.24) is 0 Å². The van der Waals surface area contributed by atoms with Crippen molar-refractivity contribution in [2.24, 2.45) is 0 Å². The van der Waals surface area contributed by atoms with Gasteiger partial charge in [-0.1, -0.05) is 11.6 Å². The molecule has 1 aromatic carbocycles. The van der Waals surface area contributed by atoms with Crippen LogP contribution < -0.4 is 5.32 Å². The molecule has 0 fully saturated rings. The molecule has 0 aromatic heterocycles. The average molecular weight is 232 g/mol. The van der Waals surface area contributed by atoms with Crippen LogP contribution in [0.4, 0.5) is 10.1 Å². The lowest BCUT2D eigenvalue weighted by Gasteiger charge is -2.15. The smallest absolute Gasteiger partial charge is 0.125 e. The van der Waals surface area contributed by atoms with Crippen molar-refractivity contribution >= 4 is 17.3 Å². The van der Waals surface area contributed by atoms with Crippen LogP contribution in [0.3, 0.4) is 0 Å². The number of ether oxygens (including phenoxy) is 1. The zero-order chi connectivity index (χ0) is 11.3. The van der Waals surface area contributed by atoms with Gasteiger partial charge in [0.2, 0.25) is 0 Å². The Balaban J connectivity index is 2.59. The minimum absolute atomic E-state index is 0.198. The van der Waals surface area contributed by atoms with Gasteiger partial charge in [-0.15, -0.1) is 0 Å². The van der Waals surface area contributed by atoms with E-state index < -0.39 is 0 Å². The van der Waals surface area contributed by atoms with Crippen LogP contribution in [0.25, 0.3) is 0 Å². The Morgan fingerprint density at radius 1 is 1.53 bits per heavy atom. The van der Waals surface area contributed by atoms with Crippen LogP contribution in [0.2, 0.25) is 5.02 Å². The fourth-order valence-corrected chi connectivity index (χ4v) is 1.41. The molecule has 0 bridgehead atoms. The summed E-state index contributed by atoms with van der Waals surface area (Å²) in [6, 6.07) is 4.48. The first-order chi connectivity index (χ1) is 7.13. The third-order valence-corrected chi connectivity index (χ3v) is 2.41. The van der Waals surface area contributed by atoms with E-state index in [2.05, 4.69) is 5.32 Å². The van der Waals surface area contributed by atoms with Crippen LogP contribution in [-0.2, 0) is 4.74 Å². The molecule has 0 heterocycles. The quantitative estimate of drug-likeness (QED) is 0.840. The van der Waals surface area contributed by atoms with E-state index in [0.717, 1.165) is 6.42 Å². The normalized spacial score (nSPS) is 12.5. The van der Waals surface area contributed by atoms with Gasteiger partial charge in [0.15, 0.2) is 0 Å². The third-order valence-electron chi connectivity index (χ3n) is 2.09. The summed E-state index contributed by atoms with van der Waals surface area (Å²) in [5.41, 5.74) is 0.625. The number of methoxy groups -OCH3 is 1. The molecule has 0 saturated carbocycles. The Bertz CT molecular complexity index is 319. The molecule has 1 aromatic rings. The van der Waals surface area contributed by atoms with Crippen molar-refractivity contribution in [2.75, 3.05) is 19.0 Å². The number of hydrogen-bond acceptors (Lipinski definition) is 2. The van der Waals surface area contributed by atoms with E-state index in [4.69, 9.17) is 16.3 Å². The summed E-state index contributed by atoms with van der Waals surface area (Å²) in [5.74, 6) is -0.291. The summed E-state index contributed by atoms with van der Waals surface area (Å²) < 4.78 is 17.9. The maximum atomic E-state index is 12.9. The molecule has 0 saturated heterocycles. The van der Waals surface area contributed by atoms with Crippen molar-refractivity contribution in [3.8, 4) is 0 Å². The molecule has 0 aliphatic carbocycles. The predicted octanol–water partition coefficient (Wildman–Crippen LogP) is 3.32. The van der Waals surface area contributed by atoms with E-state index in [1.54, 1.807) is 13.2 Å². The van der Waals surface area contributed by atoms with E-state index in [1.165, 1.54) is 12.1 Å². The first-order valence-corrected chi connectivity index (χ1v) is 5.22. The molecule has 0 aliphatic heterocycles. The summed E-state index contributed by atoms with van der Waals surface area (Å²) in [6.07, 6.45) is 0.851. The van der Waals surface area contributed by atoms with Gasteiger partial charge >= 0.3 is 0 Å². The van der Waals surface area contributed by atoms with Crippen molar-refractivity contribution in [2.45, 2.75) is 19.4 Å². The lowest BCUT2D eigenvalue weighted by atomic mass is 10.2. The lowest BCUT2D eigenvalue weighted by Crippen LogP contribution is -2.17. The first-order valence-electron chi connectivity index (χ1n) is 4.84. The molecule has 15 heavy (non-hydrogen) atoms. The Morgan fingerprint density at radius 2 is 2.27 bits per heavy atom. The minimum Gasteiger partial charge on any atom is -0.385 e. The maximum absolute atomic E-state index is 12.9. The molecule has 0 spiro atoms. The van der Waals surface area contributed by atoms with Gasteiger partial charge in [0.25, 0.3) is 0 Å². The van der Waals surface area contributed by atoms with Crippen molar-refractivity contribution in [3.63, 3.8) is 0 Å². The van der Waals surface area contributed by atoms with E-state index in [1.807, 2.05) is 6.92 Å². The van der Waals surface area contributed by atoms with E-state index in [-0.39, 0.29) is 11.9 Å². The number of rotatable bonds is 5. The predicted molar refractivity (Wildman–Crippen MR) is 61.0 cm³/mol. The monoisotopic (exact) mass is 231 g/mol. The van der Waals surface area contributed by atoms with Gasteiger partial charge in [-0.3, -0.25) is 0 Å². The topological polar surface area (TPSA) is 21.3 Å². The average Bonchev–Trinajstić information content (AvgIpc) is 2.20. The second kappa shape index (κ2) is 5.93. The lowest BCUT2D eigenvalue weighted by molar-refractivity contribution is 0.191. The molecule has 84 valence electrons. The highest BCUT2D eigenvalue weighted by molar-refractivity contribution is 6.33. The van der Waals surface area contributed by atoms with Gasteiger partial charge in [-0.2, -0.15) is 0 Å². The van der Waals surface area contributed by atoms with E-state index in [9.17, 15) is 4.39 Å². The molecule has 1 N–H and O–H groups in total. The van der Waals surface area contributed by atoms with Crippen LogP contribution in [0.5, 0.6) is 0 Å².